The molecule has 1 aliphatic rings. The van der Waals surface area contributed by atoms with Gasteiger partial charge in [-0.3, -0.25) is 4.79 Å². The summed E-state index contributed by atoms with van der Waals surface area (Å²) in [6.45, 7) is 11.8. The van der Waals surface area contributed by atoms with Crippen LogP contribution in [-0.2, 0) is 9.53 Å². The van der Waals surface area contributed by atoms with Crippen LogP contribution in [0.15, 0.2) is 48.7 Å². The minimum atomic E-state index is -0.186. The summed E-state index contributed by atoms with van der Waals surface area (Å²) in [5.41, 5.74) is 5.20. The van der Waals surface area contributed by atoms with Crippen LogP contribution in [0.2, 0.25) is 0 Å². The van der Waals surface area contributed by atoms with Crippen LogP contribution in [0.5, 0.6) is 0 Å². The zero-order valence-corrected chi connectivity index (χ0v) is 18.4. The molecule has 1 fully saturated rings. The van der Waals surface area contributed by atoms with Gasteiger partial charge in [-0.05, 0) is 55.3 Å². The van der Waals surface area contributed by atoms with E-state index in [0.29, 0.717) is 24.8 Å². The minimum Gasteiger partial charge on any atom is -0.466 e. The third kappa shape index (κ3) is 4.51. The number of rotatable bonds is 6. The Hall–Kier alpha value is -3.06. The van der Waals surface area contributed by atoms with E-state index in [0.717, 1.165) is 22.0 Å². The summed E-state index contributed by atoms with van der Waals surface area (Å²) in [6, 6.07) is 14.8. The average molecular weight is 415 g/mol. The summed E-state index contributed by atoms with van der Waals surface area (Å²) in [5.74, 6) is -0.291. The first-order valence-corrected chi connectivity index (χ1v) is 11.3. The fourth-order valence-electron chi connectivity index (χ4n) is 4.96. The molecule has 0 saturated heterocycles. The van der Waals surface area contributed by atoms with Crippen molar-refractivity contribution in [2.75, 3.05) is 6.61 Å². The number of carbonyl (C=O) groups excluding carboxylic acids is 1. The maximum absolute atomic E-state index is 12.6. The number of aromatic nitrogens is 1. The summed E-state index contributed by atoms with van der Waals surface area (Å²) < 4.78 is 7.74. The van der Waals surface area contributed by atoms with Crippen LogP contribution in [0, 0.1) is 13.5 Å². The summed E-state index contributed by atoms with van der Waals surface area (Å²) in [7, 11) is 0. The van der Waals surface area contributed by atoms with Gasteiger partial charge in [0.15, 0.2) is 5.69 Å². The first-order valence-electron chi connectivity index (χ1n) is 11.3. The van der Waals surface area contributed by atoms with Gasteiger partial charge in [0.1, 0.15) is 0 Å². The second-order valence-electron chi connectivity index (χ2n) is 8.57. The van der Waals surface area contributed by atoms with E-state index >= 15 is 0 Å². The molecule has 4 heteroatoms. The van der Waals surface area contributed by atoms with Gasteiger partial charge < -0.3 is 9.30 Å². The number of ether oxygens (including phenoxy) is 1. The highest BCUT2D eigenvalue weighted by atomic mass is 16.5. The van der Waals surface area contributed by atoms with Gasteiger partial charge in [0.05, 0.1) is 19.6 Å². The van der Waals surface area contributed by atoms with E-state index in [1.807, 2.05) is 25.1 Å². The SMILES string of the molecule is [C-]#[N+]c1ccc2c(c1)c(C(CC(=O)OCC)c1cccc(C)c1)cn2C1CCCCC1. The highest BCUT2D eigenvalue weighted by molar-refractivity contribution is 5.89. The molecule has 1 atom stereocenters. The molecule has 0 spiro atoms. The summed E-state index contributed by atoms with van der Waals surface area (Å²) in [6.07, 6.45) is 8.72. The van der Waals surface area contributed by atoms with Crippen LogP contribution in [-0.4, -0.2) is 17.1 Å². The number of esters is 1. The Kier molecular flexibility index (Phi) is 6.42. The zero-order valence-electron chi connectivity index (χ0n) is 18.4. The Morgan fingerprint density at radius 2 is 2.00 bits per heavy atom. The van der Waals surface area contributed by atoms with Crippen molar-refractivity contribution in [1.82, 2.24) is 4.57 Å². The van der Waals surface area contributed by atoms with Crippen LogP contribution >= 0.6 is 0 Å². The predicted molar refractivity (Wildman–Crippen MR) is 125 cm³/mol. The molecule has 3 aromatic rings. The fourth-order valence-corrected chi connectivity index (χ4v) is 4.96. The topological polar surface area (TPSA) is 35.6 Å². The lowest BCUT2D eigenvalue weighted by atomic mass is 9.87. The van der Waals surface area contributed by atoms with Crippen molar-refractivity contribution in [2.24, 2.45) is 0 Å². The molecule has 4 nitrogen and oxygen atoms in total. The average Bonchev–Trinajstić information content (AvgIpc) is 3.16. The number of hydrogen-bond acceptors (Lipinski definition) is 2. The van der Waals surface area contributed by atoms with Crippen molar-refractivity contribution in [1.29, 1.82) is 0 Å². The van der Waals surface area contributed by atoms with E-state index < -0.39 is 0 Å². The van der Waals surface area contributed by atoms with E-state index in [2.05, 4.69) is 46.8 Å². The van der Waals surface area contributed by atoms with Crippen molar-refractivity contribution in [3.8, 4) is 0 Å². The molecule has 31 heavy (non-hydrogen) atoms. The molecule has 1 saturated carbocycles. The lowest BCUT2D eigenvalue weighted by Crippen LogP contribution is -2.13. The molecule has 0 radical (unpaired) electrons. The Bertz CT molecular complexity index is 1120. The van der Waals surface area contributed by atoms with Crippen LogP contribution in [0.1, 0.15) is 74.1 Å². The number of carbonyl (C=O) groups is 1. The van der Waals surface area contributed by atoms with Gasteiger partial charge in [0.2, 0.25) is 0 Å². The first-order chi connectivity index (χ1) is 15.1. The van der Waals surface area contributed by atoms with Gasteiger partial charge in [-0.15, -0.1) is 0 Å². The van der Waals surface area contributed by atoms with Crippen molar-refractivity contribution < 1.29 is 9.53 Å². The molecule has 1 heterocycles. The molecular formula is C27H30N2O2. The maximum atomic E-state index is 12.6. The number of fused-ring (bicyclic) bond motifs is 1. The first kappa shape index (κ1) is 21.2. The highest BCUT2D eigenvalue weighted by Gasteiger charge is 2.26. The van der Waals surface area contributed by atoms with Crippen molar-refractivity contribution in [2.45, 2.75) is 64.3 Å². The Labute approximate surface area is 184 Å². The van der Waals surface area contributed by atoms with Gasteiger partial charge in [-0.2, -0.15) is 0 Å². The molecule has 2 aromatic carbocycles. The summed E-state index contributed by atoms with van der Waals surface area (Å²) in [5, 5.41) is 1.08. The second-order valence-corrected chi connectivity index (χ2v) is 8.57. The van der Waals surface area contributed by atoms with Crippen LogP contribution < -0.4 is 0 Å². The molecule has 1 aliphatic carbocycles. The molecule has 1 aromatic heterocycles. The van der Waals surface area contributed by atoms with Crippen molar-refractivity contribution >= 4 is 22.6 Å². The molecule has 0 N–H and O–H groups in total. The minimum absolute atomic E-state index is 0.104. The van der Waals surface area contributed by atoms with Gasteiger partial charge >= 0.3 is 5.97 Å². The standard InChI is InChI=1S/C27H30N2O2/c1-4-31-27(30)17-23(20-10-8-9-19(2)15-20)25-18-29(22-11-6-5-7-12-22)26-14-13-21(28-3)16-24(25)26/h8-10,13-16,18,22-23H,4-7,11-12,17H2,1-2H3. The fraction of sp³-hybridized carbons (Fsp3) is 0.407. The second kappa shape index (κ2) is 9.39. The van der Waals surface area contributed by atoms with Gasteiger partial charge in [-0.25, -0.2) is 4.85 Å². The van der Waals surface area contributed by atoms with Crippen molar-refractivity contribution in [3.63, 3.8) is 0 Å². The number of aryl methyl sites for hydroxylation is 1. The molecule has 0 aliphatic heterocycles. The third-order valence-electron chi connectivity index (χ3n) is 6.44. The monoisotopic (exact) mass is 414 g/mol. The highest BCUT2D eigenvalue weighted by Crippen LogP contribution is 2.40. The smallest absolute Gasteiger partial charge is 0.306 e. The quantitative estimate of drug-likeness (QED) is 0.319. The van der Waals surface area contributed by atoms with Gasteiger partial charge in [0, 0.05) is 23.7 Å². The van der Waals surface area contributed by atoms with E-state index in [-0.39, 0.29) is 11.9 Å². The molecule has 0 amide bonds. The Balaban J connectivity index is 1.88. The summed E-state index contributed by atoms with van der Waals surface area (Å²) >= 11 is 0. The molecular weight excluding hydrogens is 384 g/mol. The normalized spacial score (nSPS) is 15.5. The van der Waals surface area contributed by atoms with Crippen LogP contribution in [0.3, 0.4) is 0 Å². The maximum Gasteiger partial charge on any atom is 0.306 e. The van der Waals surface area contributed by atoms with Gasteiger partial charge in [0.25, 0.3) is 0 Å². The third-order valence-corrected chi connectivity index (χ3v) is 6.44. The largest absolute Gasteiger partial charge is 0.466 e. The van der Waals surface area contributed by atoms with E-state index in [4.69, 9.17) is 11.3 Å². The molecule has 160 valence electrons. The predicted octanol–water partition coefficient (Wildman–Crippen LogP) is 7.09. The van der Waals surface area contributed by atoms with E-state index in [1.54, 1.807) is 0 Å². The van der Waals surface area contributed by atoms with Crippen LogP contribution in [0.4, 0.5) is 5.69 Å². The van der Waals surface area contributed by atoms with E-state index in [9.17, 15) is 4.79 Å². The lowest BCUT2D eigenvalue weighted by Gasteiger charge is -2.24. The molecule has 0 bridgehead atoms. The summed E-state index contributed by atoms with van der Waals surface area (Å²) in [4.78, 5) is 16.2. The van der Waals surface area contributed by atoms with Crippen LogP contribution in [0.25, 0.3) is 15.7 Å². The number of benzene rings is 2. The number of hydrogen-bond donors (Lipinski definition) is 0. The molecule has 1 unspecified atom stereocenters. The Morgan fingerprint density at radius 3 is 2.71 bits per heavy atom. The number of nitrogens with zero attached hydrogens (tertiary/aromatic N) is 2. The Morgan fingerprint density at radius 1 is 1.19 bits per heavy atom. The van der Waals surface area contributed by atoms with Crippen molar-refractivity contribution in [3.05, 3.63) is 76.8 Å². The van der Waals surface area contributed by atoms with E-state index in [1.165, 1.54) is 37.7 Å². The lowest BCUT2D eigenvalue weighted by molar-refractivity contribution is -0.143. The zero-order chi connectivity index (χ0) is 21.8. The molecule has 4 rings (SSSR count). The van der Waals surface area contributed by atoms with Gasteiger partial charge in [-0.1, -0.05) is 55.2 Å².